The van der Waals surface area contributed by atoms with E-state index < -0.39 is 0 Å². The van der Waals surface area contributed by atoms with E-state index in [-0.39, 0.29) is 18.4 Å². The maximum absolute atomic E-state index is 12.5. The first kappa shape index (κ1) is 17.1. The third-order valence-electron chi connectivity index (χ3n) is 4.03. The molecule has 0 bridgehead atoms. The van der Waals surface area contributed by atoms with E-state index in [9.17, 15) is 4.79 Å². The molecule has 0 spiro atoms. The minimum atomic E-state index is -0.359. The van der Waals surface area contributed by atoms with Gasteiger partial charge in [-0.05, 0) is 42.8 Å². The monoisotopic (exact) mass is 382 g/mol. The number of benzene rings is 2. The third-order valence-corrected chi connectivity index (χ3v) is 4.44. The zero-order valence-electron chi connectivity index (χ0n) is 14.3. The standard InChI is InChI=1S/C19H15ClN4O3/c1-11-13(20)3-2-4-14(11)23-19-21-8-7-15(24-19)18(25)22-12-5-6-16-17(9-12)27-10-26-16/h2-9H,10H2,1H3,(H,22,25)(H,21,23,24). The second-order valence-corrected chi connectivity index (χ2v) is 6.23. The highest BCUT2D eigenvalue weighted by molar-refractivity contribution is 6.31. The van der Waals surface area contributed by atoms with Crippen molar-refractivity contribution >= 4 is 34.8 Å². The number of halogens is 1. The summed E-state index contributed by atoms with van der Waals surface area (Å²) >= 11 is 6.13. The number of hydrogen-bond acceptors (Lipinski definition) is 6. The molecule has 0 saturated carbocycles. The minimum Gasteiger partial charge on any atom is -0.454 e. The Balaban J connectivity index is 1.51. The van der Waals surface area contributed by atoms with Crippen LogP contribution in [0, 0.1) is 6.92 Å². The summed E-state index contributed by atoms with van der Waals surface area (Å²) in [5, 5.41) is 6.50. The lowest BCUT2D eigenvalue weighted by molar-refractivity contribution is 0.102. The number of carbonyl (C=O) groups excluding carboxylic acids is 1. The molecule has 1 aliphatic heterocycles. The molecular formula is C19H15ClN4O3. The van der Waals surface area contributed by atoms with Crippen LogP contribution in [0.3, 0.4) is 0 Å². The molecule has 8 heteroatoms. The van der Waals surface area contributed by atoms with Gasteiger partial charge in [0.05, 0.1) is 0 Å². The third kappa shape index (κ3) is 3.63. The number of nitrogens with zero attached hydrogens (tertiary/aromatic N) is 2. The summed E-state index contributed by atoms with van der Waals surface area (Å²) in [4.78, 5) is 21.0. The number of rotatable bonds is 4. The van der Waals surface area contributed by atoms with Gasteiger partial charge < -0.3 is 20.1 Å². The van der Waals surface area contributed by atoms with Gasteiger partial charge in [0.1, 0.15) is 5.69 Å². The molecule has 0 atom stereocenters. The molecule has 4 rings (SSSR count). The molecule has 2 heterocycles. The van der Waals surface area contributed by atoms with Crippen LogP contribution in [-0.2, 0) is 0 Å². The van der Waals surface area contributed by atoms with Crippen molar-refractivity contribution in [2.24, 2.45) is 0 Å². The average Bonchev–Trinajstić information content (AvgIpc) is 3.13. The molecule has 1 aliphatic rings. The number of anilines is 3. The van der Waals surface area contributed by atoms with Crippen molar-refractivity contribution < 1.29 is 14.3 Å². The number of carbonyl (C=O) groups is 1. The van der Waals surface area contributed by atoms with E-state index in [1.54, 1.807) is 24.3 Å². The van der Waals surface area contributed by atoms with E-state index in [0.717, 1.165) is 11.3 Å². The zero-order valence-corrected chi connectivity index (χ0v) is 15.1. The highest BCUT2D eigenvalue weighted by Gasteiger charge is 2.15. The van der Waals surface area contributed by atoms with Crippen LogP contribution in [0.5, 0.6) is 11.5 Å². The summed E-state index contributed by atoms with van der Waals surface area (Å²) < 4.78 is 10.6. The number of fused-ring (bicyclic) bond motifs is 1. The Kier molecular flexibility index (Phi) is 4.52. The Morgan fingerprint density at radius 2 is 2.00 bits per heavy atom. The predicted octanol–water partition coefficient (Wildman–Crippen LogP) is 4.16. The van der Waals surface area contributed by atoms with Crippen LogP contribution in [-0.4, -0.2) is 22.7 Å². The van der Waals surface area contributed by atoms with Gasteiger partial charge in [-0.3, -0.25) is 4.79 Å². The molecule has 2 aromatic carbocycles. The van der Waals surface area contributed by atoms with E-state index in [1.165, 1.54) is 12.3 Å². The van der Waals surface area contributed by atoms with Gasteiger partial charge >= 0.3 is 0 Å². The van der Waals surface area contributed by atoms with Crippen molar-refractivity contribution in [1.29, 1.82) is 0 Å². The fourth-order valence-electron chi connectivity index (χ4n) is 2.58. The molecule has 136 valence electrons. The van der Waals surface area contributed by atoms with Crippen molar-refractivity contribution in [2.45, 2.75) is 6.92 Å². The Hall–Kier alpha value is -3.32. The molecule has 1 aromatic heterocycles. The maximum Gasteiger partial charge on any atom is 0.274 e. The largest absolute Gasteiger partial charge is 0.454 e. The molecule has 0 radical (unpaired) electrons. The molecule has 1 amide bonds. The molecule has 0 fully saturated rings. The second-order valence-electron chi connectivity index (χ2n) is 5.83. The summed E-state index contributed by atoms with van der Waals surface area (Å²) in [7, 11) is 0. The van der Waals surface area contributed by atoms with E-state index in [2.05, 4.69) is 20.6 Å². The van der Waals surface area contributed by atoms with Gasteiger partial charge in [-0.2, -0.15) is 0 Å². The van der Waals surface area contributed by atoms with Gasteiger partial charge in [-0.1, -0.05) is 17.7 Å². The van der Waals surface area contributed by atoms with E-state index in [4.69, 9.17) is 21.1 Å². The van der Waals surface area contributed by atoms with Crippen LogP contribution in [0.4, 0.5) is 17.3 Å². The van der Waals surface area contributed by atoms with E-state index in [0.29, 0.717) is 28.2 Å². The van der Waals surface area contributed by atoms with Crippen molar-refractivity contribution in [1.82, 2.24) is 9.97 Å². The van der Waals surface area contributed by atoms with E-state index in [1.807, 2.05) is 19.1 Å². The van der Waals surface area contributed by atoms with Crippen molar-refractivity contribution in [3.05, 3.63) is 64.9 Å². The number of nitrogens with one attached hydrogen (secondary N) is 2. The quantitative estimate of drug-likeness (QED) is 0.704. The first-order chi connectivity index (χ1) is 13.1. The summed E-state index contributed by atoms with van der Waals surface area (Å²) in [5.41, 5.74) is 2.46. The molecule has 0 saturated heterocycles. The number of aromatic nitrogens is 2. The van der Waals surface area contributed by atoms with Gasteiger partial charge in [0.2, 0.25) is 12.7 Å². The van der Waals surface area contributed by atoms with Gasteiger partial charge in [0, 0.05) is 28.7 Å². The van der Waals surface area contributed by atoms with Crippen LogP contribution >= 0.6 is 11.6 Å². The Morgan fingerprint density at radius 3 is 2.89 bits per heavy atom. The number of ether oxygens (including phenoxy) is 2. The van der Waals surface area contributed by atoms with Crippen LogP contribution in [0.15, 0.2) is 48.7 Å². The topological polar surface area (TPSA) is 85.4 Å². The Labute approximate surface area is 160 Å². The first-order valence-corrected chi connectivity index (χ1v) is 8.54. The first-order valence-electron chi connectivity index (χ1n) is 8.16. The summed E-state index contributed by atoms with van der Waals surface area (Å²) in [5.74, 6) is 1.19. The predicted molar refractivity (Wildman–Crippen MR) is 102 cm³/mol. The minimum absolute atomic E-state index is 0.177. The average molecular weight is 383 g/mol. The zero-order chi connectivity index (χ0) is 18.8. The molecule has 27 heavy (non-hydrogen) atoms. The normalized spacial score (nSPS) is 11.9. The van der Waals surface area contributed by atoms with Crippen molar-refractivity contribution in [3.8, 4) is 11.5 Å². The molecular weight excluding hydrogens is 368 g/mol. The SMILES string of the molecule is Cc1c(Cl)cccc1Nc1nccc(C(=O)Nc2ccc3c(c2)OCO3)n1. The van der Waals surface area contributed by atoms with Crippen LogP contribution in [0.1, 0.15) is 16.1 Å². The molecule has 0 aliphatic carbocycles. The van der Waals surface area contributed by atoms with E-state index >= 15 is 0 Å². The highest BCUT2D eigenvalue weighted by Crippen LogP contribution is 2.34. The smallest absolute Gasteiger partial charge is 0.274 e. The number of amides is 1. The molecule has 7 nitrogen and oxygen atoms in total. The van der Waals surface area contributed by atoms with Crippen LogP contribution in [0.2, 0.25) is 5.02 Å². The van der Waals surface area contributed by atoms with Gasteiger partial charge in [0.15, 0.2) is 11.5 Å². The Morgan fingerprint density at radius 1 is 1.15 bits per heavy atom. The molecule has 3 aromatic rings. The Bertz CT molecular complexity index is 1030. The summed E-state index contributed by atoms with van der Waals surface area (Å²) in [6, 6.07) is 12.2. The van der Waals surface area contributed by atoms with Crippen LogP contribution < -0.4 is 20.1 Å². The van der Waals surface area contributed by atoms with Gasteiger partial charge in [-0.25, -0.2) is 9.97 Å². The fourth-order valence-corrected chi connectivity index (χ4v) is 2.75. The lowest BCUT2D eigenvalue weighted by atomic mass is 10.2. The lowest BCUT2D eigenvalue weighted by Crippen LogP contribution is -2.14. The highest BCUT2D eigenvalue weighted by atomic mass is 35.5. The number of hydrogen-bond donors (Lipinski definition) is 2. The molecule has 0 unspecified atom stereocenters. The fraction of sp³-hybridized carbons (Fsp3) is 0.105. The summed E-state index contributed by atoms with van der Waals surface area (Å²) in [6.07, 6.45) is 1.52. The maximum atomic E-state index is 12.5. The van der Waals surface area contributed by atoms with Gasteiger partial charge in [-0.15, -0.1) is 0 Å². The second kappa shape index (κ2) is 7.13. The molecule has 2 N–H and O–H groups in total. The van der Waals surface area contributed by atoms with Crippen LogP contribution in [0.25, 0.3) is 0 Å². The van der Waals surface area contributed by atoms with Crippen molar-refractivity contribution in [3.63, 3.8) is 0 Å². The lowest BCUT2D eigenvalue weighted by Gasteiger charge is -2.10. The van der Waals surface area contributed by atoms with Crippen molar-refractivity contribution in [2.75, 3.05) is 17.4 Å². The van der Waals surface area contributed by atoms with Gasteiger partial charge in [0.25, 0.3) is 5.91 Å². The summed E-state index contributed by atoms with van der Waals surface area (Å²) in [6.45, 7) is 2.07.